The van der Waals surface area contributed by atoms with Gasteiger partial charge in [0.2, 0.25) is 11.8 Å². The number of anilines is 1. The number of amides is 3. The van der Waals surface area contributed by atoms with Crippen LogP contribution in [0.15, 0.2) is 59.5 Å². The second-order valence-corrected chi connectivity index (χ2v) is 20.8. The van der Waals surface area contributed by atoms with E-state index in [1.807, 2.05) is 6.07 Å². The molecular weight excluding hydrogens is 963 g/mol. The van der Waals surface area contributed by atoms with E-state index in [1.165, 1.54) is 15.2 Å². The van der Waals surface area contributed by atoms with Gasteiger partial charge in [0.05, 0.1) is 39.2 Å². The summed E-state index contributed by atoms with van der Waals surface area (Å²) in [6.45, 7) is 3.83. The number of aromatic nitrogens is 5. The molecule has 3 aromatic heterocycles. The maximum Gasteiger partial charge on any atom is 0.409 e. The number of likely N-dealkylation sites (tertiary alicyclic amines) is 1. The molecule has 3 aromatic carbocycles. The predicted octanol–water partition coefficient (Wildman–Crippen LogP) is 5.72. The summed E-state index contributed by atoms with van der Waals surface area (Å²) >= 11 is 0. The van der Waals surface area contributed by atoms with Gasteiger partial charge in [-0.15, -0.1) is 6.42 Å². The molecule has 19 heteroatoms. The van der Waals surface area contributed by atoms with Crippen LogP contribution in [0.5, 0.6) is 6.01 Å². The molecule has 2 bridgehead atoms. The number of hydrogen-bond acceptors (Lipinski definition) is 13. The van der Waals surface area contributed by atoms with Crippen LogP contribution < -0.4 is 26.0 Å². The van der Waals surface area contributed by atoms with Crippen molar-refractivity contribution >= 4 is 56.4 Å². The average molecular weight is 1020 g/mol. The lowest BCUT2D eigenvalue weighted by Gasteiger charge is -2.35. The van der Waals surface area contributed by atoms with Gasteiger partial charge >= 0.3 is 17.8 Å². The first-order valence-electron chi connectivity index (χ1n) is 26.0. The van der Waals surface area contributed by atoms with E-state index in [1.54, 1.807) is 54.5 Å². The van der Waals surface area contributed by atoms with Crippen molar-refractivity contribution in [2.75, 3.05) is 57.4 Å². The molecule has 6 aliphatic rings. The summed E-state index contributed by atoms with van der Waals surface area (Å²) < 4.78 is 53.8. The number of terminal acetylenes is 1. The number of benzene rings is 3. The smallest absolute Gasteiger partial charge is 0.409 e. The molecule has 0 aliphatic carbocycles. The van der Waals surface area contributed by atoms with Crippen LogP contribution in [-0.4, -0.2) is 134 Å². The summed E-state index contributed by atoms with van der Waals surface area (Å²) in [6.07, 6.45) is 14.1. The van der Waals surface area contributed by atoms with Gasteiger partial charge in [-0.25, -0.2) is 18.4 Å². The Morgan fingerprint density at radius 1 is 0.947 bits per heavy atom. The number of carbonyl (C=O) groups excluding carboxylic acids is 3. The first-order valence-corrected chi connectivity index (χ1v) is 26.0. The van der Waals surface area contributed by atoms with Gasteiger partial charge in [-0.05, 0) is 87.9 Å². The lowest BCUT2D eigenvalue weighted by molar-refractivity contribution is -0.135. The van der Waals surface area contributed by atoms with E-state index in [0.717, 1.165) is 45.1 Å². The first-order chi connectivity index (χ1) is 36.5. The highest BCUT2D eigenvalue weighted by Gasteiger charge is 2.50. The molecule has 17 nitrogen and oxygen atoms in total. The Morgan fingerprint density at radius 2 is 1.76 bits per heavy atom. The highest BCUT2D eigenvalue weighted by molar-refractivity contribution is 6.02. The number of ether oxygens (including phenoxy) is 3. The lowest BCUT2D eigenvalue weighted by Crippen LogP contribution is -2.51. The van der Waals surface area contributed by atoms with E-state index in [-0.39, 0.29) is 103 Å². The lowest BCUT2D eigenvalue weighted by atomic mass is 9.95. The fourth-order valence-electron chi connectivity index (χ4n) is 12.7. The zero-order valence-corrected chi connectivity index (χ0v) is 41.6. The molecule has 0 spiro atoms. The summed E-state index contributed by atoms with van der Waals surface area (Å²) in [5, 5.41) is 7.52. The minimum atomic E-state index is -0.786. The molecule has 3 unspecified atom stereocenters. The van der Waals surface area contributed by atoms with Crippen LogP contribution in [0, 0.1) is 35.8 Å². The van der Waals surface area contributed by atoms with Crippen molar-refractivity contribution in [1.82, 2.24) is 44.5 Å². The number of imidazole rings is 1. The number of piperidine rings is 2. The standard InChI is InChI=1S/C56H56F2N10O7/c1-3-39-42(57)16-13-33-8-4-11-40(46(33)39)48-47(58)49-41(28-59-48)51(66-29-35-14-15-36(30-66)60-35)63-53(62-49)75-32-56-22-7-24-67(56)37(19-23-56)31-74-55(72)65-25-20-38(21-26-65)73-27-6-10-34-9-5-12-43-50(34)64(2)54(71)68(43)44-17-18-45(69)61-52(44)70/h1,4-5,8-9,11-13,16,28,35-38,44,60H,7,14-15,17-27,29-32H2,2H3,(H,61,69,70)/t35?,36?,37-,44?,56-/m0/s1. The Labute approximate surface area is 430 Å². The van der Waals surface area contributed by atoms with Gasteiger partial charge in [0.15, 0.2) is 5.82 Å². The van der Waals surface area contributed by atoms with E-state index in [0.29, 0.717) is 83.2 Å². The molecule has 6 aromatic rings. The van der Waals surface area contributed by atoms with Crippen molar-refractivity contribution in [2.24, 2.45) is 7.05 Å². The molecule has 2 N–H and O–H groups in total. The molecule has 6 aliphatic heterocycles. The summed E-state index contributed by atoms with van der Waals surface area (Å²) in [6, 6.07) is 13.4. The van der Waals surface area contributed by atoms with Gasteiger partial charge in [0.1, 0.15) is 48.7 Å². The van der Waals surface area contributed by atoms with E-state index >= 15 is 8.78 Å². The van der Waals surface area contributed by atoms with Crippen LogP contribution in [0.3, 0.4) is 0 Å². The number of imide groups is 1. The monoisotopic (exact) mass is 1020 g/mol. The first kappa shape index (κ1) is 48.5. The van der Waals surface area contributed by atoms with E-state index in [2.05, 4.69) is 43.2 Å². The molecule has 5 atom stereocenters. The number of aryl methyl sites for hydroxylation is 1. The van der Waals surface area contributed by atoms with Crippen molar-refractivity contribution in [2.45, 2.75) is 100 Å². The number of carbonyl (C=O) groups is 3. The highest BCUT2D eigenvalue weighted by atomic mass is 19.1. The fourth-order valence-corrected chi connectivity index (χ4v) is 12.7. The van der Waals surface area contributed by atoms with E-state index in [9.17, 15) is 19.2 Å². The number of nitrogens with zero attached hydrogens (tertiary/aromatic N) is 8. The minimum Gasteiger partial charge on any atom is -0.461 e. The third kappa shape index (κ3) is 8.80. The number of halogens is 2. The largest absolute Gasteiger partial charge is 0.461 e. The highest BCUT2D eigenvalue weighted by Crippen LogP contribution is 2.44. The maximum atomic E-state index is 17.2. The molecule has 3 amide bonds. The zero-order valence-electron chi connectivity index (χ0n) is 41.6. The van der Waals surface area contributed by atoms with Gasteiger partial charge in [-0.2, -0.15) is 9.97 Å². The molecule has 12 rings (SSSR count). The molecule has 386 valence electrons. The molecule has 6 saturated heterocycles. The van der Waals surface area contributed by atoms with Crippen molar-refractivity contribution < 1.29 is 37.4 Å². The Hall–Kier alpha value is -7.45. The van der Waals surface area contributed by atoms with Crippen molar-refractivity contribution in [3.05, 3.63) is 88.0 Å². The second kappa shape index (κ2) is 19.7. The summed E-state index contributed by atoms with van der Waals surface area (Å²) in [7, 11) is 1.64. The SMILES string of the molecule is C#Cc1c(F)ccc2cccc(-c3ncc4c(N5CC6CCC(C5)N6)nc(OC[C@@]56CCCN5[C@H](COC(=O)N5CCC(OCC#Cc7cccc8c7n(C)c(=O)n8C7CCC(=O)NC7=O)CC5)CC6)nc4c3F)c12. The summed E-state index contributed by atoms with van der Waals surface area (Å²) in [4.78, 5) is 71.8. The molecule has 6 fully saturated rings. The average Bonchev–Trinajstić information content (AvgIpc) is 4.19. The quantitative estimate of drug-likeness (QED) is 0.126. The fraction of sp³-hybridized carbons (Fsp3) is 0.446. The number of hydrogen-bond donors (Lipinski definition) is 2. The van der Waals surface area contributed by atoms with Gasteiger partial charge in [0, 0.05) is 74.9 Å². The minimum absolute atomic E-state index is 0.00215. The number of rotatable bonds is 10. The van der Waals surface area contributed by atoms with E-state index in [4.69, 9.17) is 30.6 Å². The number of pyridine rings is 1. The van der Waals surface area contributed by atoms with Crippen LogP contribution >= 0.6 is 0 Å². The van der Waals surface area contributed by atoms with Gasteiger partial charge in [0.25, 0.3) is 0 Å². The van der Waals surface area contributed by atoms with Crippen LogP contribution in [0.25, 0.3) is 44.0 Å². The number of piperazine rings is 1. The summed E-state index contributed by atoms with van der Waals surface area (Å²) in [5.74, 6) is 7.15. The Bertz CT molecular complexity index is 3470. The third-order valence-electron chi connectivity index (χ3n) is 16.4. The number of fused-ring (bicyclic) bond motifs is 6. The van der Waals surface area contributed by atoms with Crippen molar-refractivity contribution in [3.63, 3.8) is 0 Å². The molecule has 0 saturated carbocycles. The zero-order chi connectivity index (χ0) is 51.5. The summed E-state index contributed by atoms with van der Waals surface area (Å²) in [5.41, 5.74) is 1.55. The molecular formula is C56H56F2N10O7. The Morgan fingerprint density at radius 3 is 2.56 bits per heavy atom. The second-order valence-electron chi connectivity index (χ2n) is 20.8. The van der Waals surface area contributed by atoms with Crippen LogP contribution in [0.1, 0.15) is 81.4 Å². The normalized spacial score (nSPS) is 23.9. The number of nitrogens with one attached hydrogen (secondary N) is 2. The molecule has 0 radical (unpaired) electrons. The molecule has 75 heavy (non-hydrogen) atoms. The predicted molar refractivity (Wildman–Crippen MR) is 275 cm³/mol. The van der Waals surface area contributed by atoms with Gasteiger partial charge < -0.3 is 29.3 Å². The Balaban J connectivity index is 0.685. The maximum absolute atomic E-state index is 17.2. The Kier molecular flexibility index (Phi) is 12.7. The van der Waals surface area contributed by atoms with Crippen LogP contribution in [0.4, 0.5) is 19.4 Å². The van der Waals surface area contributed by atoms with Crippen LogP contribution in [0.2, 0.25) is 0 Å². The number of para-hydroxylation sites is 1. The molecule has 9 heterocycles. The van der Waals surface area contributed by atoms with Gasteiger partial charge in [-0.3, -0.25) is 33.9 Å². The van der Waals surface area contributed by atoms with Crippen molar-refractivity contribution in [3.8, 4) is 41.5 Å². The topological polar surface area (TPSA) is 178 Å². The van der Waals surface area contributed by atoms with E-state index < -0.39 is 23.6 Å². The van der Waals surface area contributed by atoms with Crippen LogP contribution in [-0.2, 0) is 26.1 Å². The third-order valence-corrected chi connectivity index (χ3v) is 16.4. The van der Waals surface area contributed by atoms with Gasteiger partial charge in [-0.1, -0.05) is 48.1 Å². The van der Waals surface area contributed by atoms with Crippen molar-refractivity contribution in [1.29, 1.82) is 0 Å².